The van der Waals surface area contributed by atoms with Gasteiger partial charge in [-0.1, -0.05) is 286 Å². The van der Waals surface area contributed by atoms with Gasteiger partial charge in [0.15, 0.2) is 0 Å². The third-order valence-electron chi connectivity index (χ3n) is 14.2. The van der Waals surface area contributed by atoms with Crippen molar-refractivity contribution < 1.29 is 32.9 Å². The van der Waals surface area contributed by atoms with E-state index in [-0.39, 0.29) is 19.1 Å². The van der Waals surface area contributed by atoms with E-state index in [0.717, 1.165) is 64.2 Å². The number of allylic oxidation sites excluding steroid dienone is 11. The first-order valence-electron chi connectivity index (χ1n) is 31.8. The molecule has 0 rings (SSSR count). The smallest absolute Gasteiger partial charge is 0.387 e. The minimum absolute atomic E-state index is 0.0554. The van der Waals surface area contributed by atoms with Crippen LogP contribution in [0.25, 0.3) is 0 Å². The number of nitrogens with one attached hydrogen (secondary N) is 1. The fourth-order valence-electron chi connectivity index (χ4n) is 9.23. The molecule has 3 unspecified atom stereocenters. The summed E-state index contributed by atoms with van der Waals surface area (Å²) in [4.78, 5) is 23.4. The number of carbonyl (C=O) groups excluding carboxylic acids is 1. The number of hydrogen-bond acceptors (Lipinski definition) is 5. The standard InChI is InChI=1S/C66H123N2O6P/c1-6-8-10-12-14-16-18-20-22-24-26-28-30-31-32-33-34-35-36-37-38-40-42-44-46-48-50-52-54-56-58-60-66(70)67-64(63-74-75(71,72)73-62-61-68(3,4)5)65(69)59-57-55-53-51-49-47-45-43-41-39-29-27-25-23-21-19-17-15-13-11-9-7-2/h8,10,14,16,20,22,26,28,49,51,57,59,64-65,69H,6-7,9,11-13,15,17-19,21,23-25,27,29-48,50,52-56,58,60-63H2,1-5H3,(H-,67,70,71,72)/p+1/b10-8-,16-14-,22-20-,28-26-,51-49+,59-57+. The summed E-state index contributed by atoms with van der Waals surface area (Å²) >= 11 is 0. The molecule has 0 saturated carbocycles. The van der Waals surface area contributed by atoms with Gasteiger partial charge in [0, 0.05) is 6.42 Å². The second-order valence-corrected chi connectivity index (χ2v) is 24.2. The lowest BCUT2D eigenvalue weighted by molar-refractivity contribution is -0.870. The summed E-state index contributed by atoms with van der Waals surface area (Å²) in [5, 5.41) is 14.0. The quantitative estimate of drug-likeness (QED) is 0.0243. The Morgan fingerprint density at radius 3 is 1.23 bits per heavy atom. The van der Waals surface area contributed by atoms with Crippen LogP contribution in [0.1, 0.15) is 290 Å². The maximum absolute atomic E-state index is 13.0. The molecule has 0 spiro atoms. The van der Waals surface area contributed by atoms with E-state index in [1.807, 2.05) is 27.2 Å². The summed E-state index contributed by atoms with van der Waals surface area (Å²) in [7, 11) is 1.56. The zero-order chi connectivity index (χ0) is 54.9. The Balaban J connectivity index is 4.13. The number of amides is 1. The number of likely N-dealkylation sites (N-methyl/N-ethyl adjacent to an activating group) is 1. The normalized spacial score (nSPS) is 14.3. The molecule has 8 nitrogen and oxygen atoms in total. The van der Waals surface area contributed by atoms with E-state index >= 15 is 0 Å². The van der Waals surface area contributed by atoms with E-state index in [0.29, 0.717) is 17.4 Å². The maximum Gasteiger partial charge on any atom is 0.472 e. The van der Waals surface area contributed by atoms with E-state index < -0.39 is 20.0 Å². The zero-order valence-electron chi connectivity index (χ0n) is 50.0. The zero-order valence-corrected chi connectivity index (χ0v) is 50.9. The molecule has 0 heterocycles. The molecule has 438 valence electrons. The number of unbranched alkanes of at least 4 members (excludes halogenated alkanes) is 35. The number of phosphoric acid groups is 1. The molecule has 0 fully saturated rings. The fraction of sp³-hybridized carbons (Fsp3) is 0.803. The predicted molar refractivity (Wildman–Crippen MR) is 327 cm³/mol. The van der Waals surface area contributed by atoms with Gasteiger partial charge in [-0.05, 0) is 70.6 Å². The van der Waals surface area contributed by atoms with Crippen LogP contribution in [0.5, 0.6) is 0 Å². The van der Waals surface area contributed by atoms with Gasteiger partial charge in [-0.25, -0.2) is 4.57 Å². The fourth-order valence-corrected chi connectivity index (χ4v) is 9.96. The van der Waals surface area contributed by atoms with Crippen molar-refractivity contribution in [1.82, 2.24) is 5.32 Å². The van der Waals surface area contributed by atoms with Crippen LogP contribution >= 0.6 is 7.82 Å². The third-order valence-corrected chi connectivity index (χ3v) is 15.1. The van der Waals surface area contributed by atoms with Gasteiger partial charge in [-0.2, -0.15) is 0 Å². The summed E-state index contributed by atoms with van der Waals surface area (Å²) in [6.45, 7) is 4.71. The number of aliphatic hydroxyl groups excluding tert-OH is 1. The topological polar surface area (TPSA) is 105 Å². The number of phosphoric ester groups is 1. The summed E-state index contributed by atoms with van der Waals surface area (Å²) in [5.41, 5.74) is 0. The van der Waals surface area contributed by atoms with Gasteiger partial charge in [0.2, 0.25) is 5.91 Å². The SMILES string of the molecule is CC/C=C\C/C=C\C/C=C\C/C=C\CCCCCCCCCCCCCCCCCCCCC(=O)NC(COP(=O)(O)OCC[N+](C)(C)C)C(O)/C=C/CC/C=C/CCCCCCCCCCCCCCCCCC. The first-order valence-corrected chi connectivity index (χ1v) is 33.3. The number of nitrogens with zero attached hydrogens (tertiary/aromatic N) is 1. The molecule has 0 aliphatic rings. The Hall–Kier alpha value is -2.06. The van der Waals surface area contributed by atoms with Crippen molar-refractivity contribution in [3.8, 4) is 0 Å². The van der Waals surface area contributed by atoms with Crippen LogP contribution in [0.15, 0.2) is 72.9 Å². The van der Waals surface area contributed by atoms with E-state index in [2.05, 4.69) is 79.9 Å². The Bertz CT molecular complexity index is 1450. The van der Waals surface area contributed by atoms with Crippen molar-refractivity contribution in [3.63, 3.8) is 0 Å². The van der Waals surface area contributed by atoms with Crippen LogP contribution < -0.4 is 5.32 Å². The Kier molecular flexibility index (Phi) is 55.1. The molecule has 0 saturated heterocycles. The predicted octanol–water partition coefficient (Wildman–Crippen LogP) is 19.8. The maximum atomic E-state index is 13.0. The lowest BCUT2D eigenvalue weighted by Crippen LogP contribution is -2.45. The van der Waals surface area contributed by atoms with E-state index in [1.165, 1.54) is 205 Å². The van der Waals surface area contributed by atoms with Crippen molar-refractivity contribution in [3.05, 3.63) is 72.9 Å². The van der Waals surface area contributed by atoms with Crippen molar-refractivity contribution in [2.45, 2.75) is 302 Å². The number of aliphatic hydroxyl groups is 1. The molecule has 0 aliphatic carbocycles. The molecule has 3 atom stereocenters. The first kappa shape index (κ1) is 72.9. The largest absolute Gasteiger partial charge is 0.472 e. The highest BCUT2D eigenvalue weighted by molar-refractivity contribution is 7.47. The molecule has 75 heavy (non-hydrogen) atoms. The molecule has 9 heteroatoms. The van der Waals surface area contributed by atoms with Crippen LogP contribution in [0.2, 0.25) is 0 Å². The van der Waals surface area contributed by atoms with Crippen LogP contribution in [0.4, 0.5) is 0 Å². The molecule has 0 radical (unpaired) electrons. The average Bonchev–Trinajstić information content (AvgIpc) is 3.37. The number of hydrogen-bond donors (Lipinski definition) is 3. The first-order chi connectivity index (χ1) is 36.5. The van der Waals surface area contributed by atoms with Crippen molar-refractivity contribution in [2.75, 3.05) is 40.9 Å². The van der Waals surface area contributed by atoms with Gasteiger partial charge in [0.1, 0.15) is 13.2 Å². The molecule has 3 N–H and O–H groups in total. The summed E-state index contributed by atoms with van der Waals surface area (Å²) in [5.74, 6) is -0.184. The van der Waals surface area contributed by atoms with Gasteiger partial charge in [0.05, 0.1) is 39.9 Å². The second kappa shape index (κ2) is 56.7. The monoisotopic (exact) mass is 1070 g/mol. The number of carbonyl (C=O) groups is 1. The van der Waals surface area contributed by atoms with E-state index in [4.69, 9.17) is 9.05 Å². The van der Waals surface area contributed by atoms with Crippen molar-refractivity contribution in [2.24, 2.45) is 0 Å². The number of rotatable bonds is 58. The molecule has 1 amide bonds. The minimum atomic E-state index is -4.36. The Morgan fingerprint density at radius 2 is 0.813 bits per heavy atom. The van der Waals surface area contributed by atoms with Gasteiger partial charge >= 0.3 is 7.82 Å². The van der Waals surface area contributed by atoms with Crippen LogP contribution in [0, 0.1) is 0 Å². The van der Waals surface area contributed by atoms with Gasteiger partial charge in [-0.3, -0.25) is 13.8 Å². The molecule has 0 aliphatic heterocycles. The van der Waals surface area contributed by atoms with Gasteiger partial charge in [0.25, 0.3) is 0 Å². The van der Waals surface area contributed by atoms with Crippen molar-refractivity contribution in [1.29, 1.82) is 0 Å². The Morgan fingerprint density at radius 1 is 0.467 bits per heavy atom. The van der Waals surface area contributed by atoms with Crippen molar-refractivity contribution >= 4 is 13.7 Å². The summed E-state index contributed by atoms with van der Waals surface area (Å²) in [6, 6.07) is -0.866. The molecular formula is C66H124N2O6P+. The minimum Gasteiger partial charge on any atom is -0.387 e. The van der Waals surface area contributed by atoms with Gasteiger partial charge < -0.3 is 19.8 Å². The summed E-state index contributed by atoms with van der Waals surface area (Å²) in [6.07, 6.45) is 78.9. The molecule has 0 bridgehead atoms. The van der Waals surface area contributed by atoms with Crippen LogP contribution in [0.3, 0.4) is 0 Å². The molecular weight excluding hydrogens is 948 g/mol. The summed E-state index contributed by atoms with van der Waals surface area (Å²) < 4.78 is 23.7. The highest BCUT2D eigenvalue weighted by atomic mass is 31.2. The van der Waals surface area contributed by atoms with Crippen LogP contribution in [-0.2, 0) is 18.4 Å². The van der Waals surface area contributed by atoms with E-state index in [9.17, 15) is 19.4 Å². The molecule has 0 aromatic carbocycles. The highest BCUT2D eigenvalue weighted by Crippen LogP contribution is 2.43. The lowest BCUT2D eigenvalue weighted by atomic mass is 10.0. The van der Waals surface area contributed by atoms with Gasteiger partial charge in [-0.15, -0.1) is 0 Å². The Labute approximate surface area is 465 Å². The second-order valence-electron chi connectivity index (χ2n) is 22.7. The molecule has 0 aromatic heterocycles. The lowest BCUT2D eigenvalue weighted by Gasteiger charge is -2.25. The van der Waals surface area contributed by atoms with E-state index in [1.54, 1.807) is 6.08 Å². The third kappa shape index (κ3) is 59.4. The number of quaternary nitrogens is 1. The molecule has 0 aromatic rings. The van der Waals surface area contributed by atoms with Crippen LogP contribution in [-0.4, -0.2) is 73.4 Å². The average molecular weight is 1070 g/mol. The highest BCUT2D eigenvalue weighted by Gasteiger charge is 2.27.